The van der Waals surface area contributed by atoms with E-state index in [1.54, 1.807) is 6.07 Å². The maximum absolute atomic E-state index is 10.5. The number of nitro benzene ring substituents is 1. The van der Waals surface area contributed by atoms with Crippen LogP contribution in [0.15, 0.2) is 30.6 Å². The van der Waals surface area contributed by atoms with E-state index in [2.05, 4.69) is 0 Å². The van der Waals surface area contributed by atoms with Gasteiger partial charge in [0.2, 0.25) is 0 Å². The van der Waals surface area contributed by atoms with Crippen molar-refractivity contribution in [3.05, 3.63) is 46.3 Å². The van der Waals surface area contributed by atoms with Crippen LogP contribution in [0.3, 0.4) is 0 Å². The van der Waals surface area contributed by atoms with Crippen LogP contribution in [-0.4, -0.2) is 4.92 Å². The van der Waals surface area contributed by atoms with Crippen LogP contribution in [0.5, 0.6) is 0 Å². The summed E-state index contributed by atoms with van der Waals surface area (Å²) in [4.78, 5) is 10.1. The van der Waals surface area contributed by atoms with Crippen molar-refractivity contribution in [2.45, 2.75) is 6.92 Å². The van der Waals surface area contributed by atoms with E-state index in [0.29, 0.717) is 5.69 Å². The van der Waals surface area contributed by atoms with Crippen LogP contribution in [0.25, 0.3) is 0 Å². The zero-order valence-corrected chi connectivity index (χ0v) is 8.25. The third kappa shape index (κ3) is 2.44. The van der Waals surface area contributed by atoms with Crippen LogP contribution in [0.4, 0.5) is 11.4 Å². The summed E-state index contributed by atoms with van der Waals surface area (Å²) in [6.45, 7) is 1.81. The van der Waals surface area contributed by atoms with Gasteiger partial charge in [-0.15, -0.1) is 0 Å². The molecule has 0 saturated heterocycles. The minimum Gasteiger partial charge on any atom is -0.403 e. The van der Waals surface area contributed by atoms with Gasteiger partial charge in [-0.1, -0.05) is 6.07 Å². The largest absolute Gasteiger partial charge is 0.403 e. The van der Waals surface area contributed by atoms with Gasteiger partial charge in [0.05, 0.1) is 10.6 Å². The molecule has 0 bridgehead atoms. The Bertz CT molecular complexity index is 403. The lowest BCUT2D eigenvalue weighted by atomic mass is 10.2. The van der Waals surface area contributed by atoms with Gasteiger partial charge in [-0.3, -0.25) is 15.1 Å². The highest BCUT2D eigenvalue weighted by atomic mass is 16.6. The molecule has 0 fully saturated rings. The number of nitrogens with zero attached hydrogens (tertiary/aromatic N) is 2. The van der Waals surface area contributed by atoms with E-state index >= 15 is 0 Å². The molecular formula is C9H12N4O2. The quantitative estimate of drug-likeness (QED) is 0.439. The number of hydrogen-bond donors (Lipinski definition) is 2. The van der Waals surface area contributed by atoms with Crippen molar-refractivity contribution >= 4 is 11.4 Å². The van der Waals surface area contributed by atoms with E-state index in [1.807, 2.05) is 6.92 Å². The fraction of sp³-hybridized carbons (Fsp3) is 0.111. The minimum absolute atomic E-state index is 0.00327. The molecule has 0 aromatic heterocycles. The Morgan fingerprint density at radius 2 is 2.20 bits per heavy atom. The van der Waals surface area contributed by atoms with E-state index in [4.69, 9.17) is 11.6 Å². The minimum atomic E-state index is -0.469. The van der Waals surface area contributed by atoms with Crippen molar-refractivity contribution in [2.75, 3.05) is 5.01 Å². The van der Waals surface area contributed by atoms with Crippen molar-refractivity contribution in [1.82, 2.24) is 0 Å². The Kier molecular flexibility index (Phi) is 3.25. The summed E-state index contributed by atoms with van der Waals surface area (Å²) < 4.78 is 0. The highest BCUT2D eigenvalue weighted by Gasteiger charge is 2.10. The van der Waals surface area contributed by atoms with Crippen LogP contribution < -0.4 is 16.6 Å². The van der Waals surface area contributed by atoms with E-state index in [-0.39, 0.29) is 5.69 Å². The first kappa shape index (κ1) is 11.0. The highest BCUT2D eigenvalue weighted by molar-refractivity contribution is 5.59. The second-order valence-electron chi connectivity index (χ2n) is 2.98. The van der Waals surface area contributed by atoms with Gasteiger partial charge in [0.25, 0.3) is 5.69 Å². The predicted octanol–water partition coefficient (Wildman–Crippen LogP) is 1.01. The van der Waals surface area contributed by atoms with Crippen LogP contribution in [-0.2, 0) is 0 Å². The van der Waals surface area contributed by atoms with E-state index in [0.717, 1.165) is 5.56 Å². The molecule has 0 saturated carbocycles. The first-order valence-corrected chi connectivity index (χ1v) is 4.23. The van der Waals surface area contributed by atoms with Crippen LogP contribution in [0, 0.1) is 17.0 Å². The lowest BCUT2D eigenvalue weighted by Crippen LogP contribution is -2.25. The SMILES string of the molecule is Cc1ccc([N+](=O)[O-])cc1N(N)/C=C\N. The number of anilines is 1. The number of aryl methyl sites for hydroxylation is 1. The van der Waals surface area contributed by atoms with Crippen molar-refractivity contribution in [2.24, 2.45) is 11.6 Å². The third-order valence-electron chi connectivity index (χ3n) is 1.93. The third-order valence-corrected chi connectivity index (χ3v) is 1.93. The Hall–Kier alpha value is -2.08. The predicted molar refractivity (Wildman–Crippen MR) is 57.8 cm³/mol. The maximum Gasteiger partial charge on any atom is 0.271 e. The average Bonchev–Trinajstić information content (AvgIpc) is 2.18. The summed E-state index contributed by atoms with van der Waals surface area (Å²) in [6, 6.07) is 4.46. The number of rotatable bonds is 3. The Morgan fingerprint density at radius 3 is 2.73 bits per heavy atom. The van der Waals surface area contributed by atoms with Gasteiger partial charge in [-0.05, 0) is 12.5 Å². The van der Waals surface area contributed by atoms with Gasteiger partial charge in [0, 0.05) is 24.5 Å². The molecule has 6 heteroatoms. The van der Waals surface area contributed by atoms with Crippen molar-refractivity contribution in [3.8, 4) is 0 Å². The Labute approximate surface area is 86.9 Å². The molecule has 0 amide bonds. The Morgan fingerprint density at radius 1 is 1.53 bits per heavy atom. The molecule has 0 heterocycles. The number of non-ortho nitro benzene ring substituents is 1. The molecule has 0 spiro atoms. The second kappa shape index (κ2) is 4.43. The summed E-state index contributed by atoms with van der Waals surface area (Å²) >= 11 is 0. The van der Waals surface area contributed by atoms with Crippen molar-refractivity contribution in [1.29, 1.82) is 0 Å². The molecule has 80 valence electrons. The molecule has 15 heavy (non-hydrogen) atoms. The first-order valence-electron chi connectivity index (χ1n) is 4.23. The molecule has 0 radical (unpaired) electrons. The van der Waals surface area contributed by atoms with Crippen molar-refractivity contribution in [3.63, 3.8) is 0 Å². The van der Waals surface area contributed by atoms with Gasteiger partial charge in [0.15, 0.2) is 0 Å². The van der Waals surface area contributed by atoms with Gasteiger partial charge < -0.3 is 5.73 Å². The maximum atomic E-state index is 10.5. The summed E-state index contributed by atoms with van der Waals surface area (Å²) in [5.41, 5.74) is 6.56. The van der Waals surface area contributed by atoms with Gasteiger partial charge in [0.1, 0.15) is 0 Å². The monoisotopic (exact) mass is 208 g/mol. The van der Waals surface area contributed by atoms with Crippen molar-refractivity contribution < 1.29 is 4.92 Å². The van der Waals surface area contributed by atoms with E-state index in [1.165, 1.54) is 29.5 Å². The lowest BCUT2D eigenvalue weighted by molar-refractivity contribution is -0.384. The van der Waals surface area contributed by atoms with E-state index < -0.39 is 4.92 Å². The van der Waals surface area contributed by atoms with Gasteiger partial charge in [-0.25, -0.2) is 5.84 Å². The van der Waals surface area contributed by atoms with Gasteiger partial charge >= 0.3 is 0 Å². The molecule has 1 aromatic carbocycles. The molecule has 6 nitrogen and oxygen atoms in total. The standard InChI is InChI=1S/C9H12N4O2/c1-7-2-3-8(13(14)15)6-9(7)12(11)5-4-10/h2-6H,10-11H2,1H3/b5-4-. The molecule has 1 aromatic rings. The summed E-state index contributed by atoms with van der Waals surface area (Å²) in [7, 11) is 0. The fourth-order valence-electron chi connectivity index (χ4n) is 1.16. The molecule has 1 rings (SSSR count). The molecular weight excluding hydrogens is 196 g/mol. The molecule has 0 aliphatic rings. The molecule has 0 aliphatic heterocycles. The number of benzene rings is 1. The van der Waals surface area contributed by atoms with Crippen LogP contribution >= 0.6 is 0 Å². The first-order chi connectivity index (χ1) is 7.06. The lowest BCUT2D eigenvalue weighted by Gasteiger charge is -2.15. The van der Waals surface area contributed by atoms with Crippen LogP contribution in [0.1, 0.15) is 5.56 Å². The normalized spacial score (nSPS) is 10.5. The summed E-state index contributed by atoms with van der Waals surface area (Å²) in [6.07, 6.45) is 2.68. The molecule has 0 unspecified atom stereocenters. The summed E-state index contributed by atoms with van der Waals surface area (Å²) in [5.74, 6) is 5.62. The zero-order valence-electron chi connectivity index (χ0n) is 8.25. The topological polar surface area (TPSA) is 98.4 Å². The average molecular weight is 208 g/mol. The smallest absolute Gasteiger partial charge is 0.271 e. The Balaban J connectivity index is 3.15. The highest BCUT2D eigenvalue weighted by Crippen LogP contribution is 2.23. The van der Waals surface area contributed by atoms with E-state index in [9.17, 15) is 10.1 Å². The number of nitrogens with two attached hydrogens (primary N) is 2. The second-order valence-corrected chi connectivity index (χ2v) is 2.98. The zero-order chi connectivity index (χ0) is 11.4. The van der Waals surface area contributed by atoms with Crippen LogP contribution in [0.2, 0.25) is 0 Å². The molecule has 0 aliphatic carbocycles. The molecule has 4 N–H and O–H groups in total. The number of nitro groups is 1. The van der Waals surface area contributed by atoms with Gasteiger partial charge in [-0.2, -0.15) is 0 Å². The molecule has 0 atom stereocenters. The summed E-state index contributed by atoms with van der Waals surface area (Å²) in [5, 5.41) is 11.8. The number of hydrazine groups is 1. The fourth-order valence-corrected chi connectivity index (χ4v) is 1.16. The number of hydrogen-bond acceptors (Lipinski definition) is 5.